The van der Waals surface area contributed by atoms with E-state index in [1.54, 1.807) is 0 Å². The number of hydrogen-bond donors (Lipinski definition) is 1. The van der Waals surface area contributed by atoms with Crippen LogP contribution in [0.25, 0.3) is 11.3 Å². The zero-order valence-electron chi connectivity index (χ0n) is 18.7. The number of aromatic nitrogens is 6. The molecule has 1 saturated heterocycles. The van der Waals surface area contributed by atoms with Gasteiger partial charge in [-0.15, -0.1) is 0 Å². The van der Waals surface area contributed by atoms with E-state index in [2.05, 4.69) is 40.1 Å². The van der Waals surface area contributed by atoms with Crippen LogP contribution in [0.1, 0.15) is 60.6 Å². The van der Waals surface area contributed by atoms with Gasteiger partial charge in [0.1, 0.15) is 5.82 Å². The molecule has 0 atom stereocenters. The van der Waals surface area contributed by atoms with Crippen LogP contribution in [0.3, 0.4) is 0 Å². The molecule has 1 fully saturated rings. The van der Waals surface area contributed by atoms with Crippen molar-refractivity contribution in [3.05, 3.63) is 40.7 Å². The second-order valence-electron chi connectivity index (χ2n) is 8.70. The van der Waals surface area contributed by atoms with Gasteiger partial charge < -0.3 is 4.74 Å². The van der Waals surface area contributed by atoms with Crippen molar-refractivity contribution in [2.75, 3.05) is 19.7 Å². The van der Waals surface area contributed by atoms with Gasteiger partial charge in [0, 0.05) is 35.5 Å². The first-order valence-electron chi connectivity index (χ1n) is 11.4. The number of likely N-dealkylation sites (tertiary alicyclic amines) is 1. The summed E-state index contributed by atoms with van der Waals surface area (Å²) in [7, 11) is 1.96. The molecule has 2 aliphatic rings. The Hall–Kier alpha value is -2.74. The molecule has 0 spiro atoms. The first-order valence-corrected chi connectivity index (χ1v) is 11.4. The van der Waals surface area contributed by atoms with Gasteiger partial charge in [0.25, 0.3) is 0 Å². The maximum Gasteiger partial charge on any atom is 0.220 e. The molecule has 3 aromatic heterocycles. The maximum atomic E-state index is 5.83. The summed E-state index contributed by atoms with van der Waals surface area (Å²) in [5.41, 5.74) is 6.82. The van der Waals surface area contributed by atoms with Crippen molar-refractivity contribution in [1.82, 2.24) is 34.8 Å². The Bertz CT molecular complexity index is 1040. The van der Waals surface area contributed by atoms with Crippen molar-refractivity contribution < 1.29 is 4.74 Å². The lowest BCUT2D eigenvalue weighted by molar-refractivity contribution is 0.196. The summed E-state index contributed by atoms with van der Waals surface area (Å²) in [5, 5.41) is 12.2. The number of aromatic amines is 1. The van der Waals surface area contributed by atoms with Crippen molar-refractivity contribution >= 4 is 0 Å². The minimum Gasteiger partial charge on any atom is -0.477 e. The lowest BCUT2D eigenvalue weighted by Crippen LogP contribution is -2.33. The number of ether oxygens (including phenoxy) is 1. The predicted octanol–water partition coefficient (Wildman–Crippen LogP) is 3.18. The van der Waals surface area contributed by atoms with Gasteiger partial charge in [-0.05, 0) is 58.2 Å². The molecular formula is C23H31N7O. The second kappa shape index (κ2) is 8.42. The molecule has 0 unspecified atom stereocenters. The summed E-state index contributed by atoms with van der Waals surface area (Å²) in [4.78, 5) is 12.1. The van der Waals surface area contributed by atoms with E-state index < -0.39 is 0 Å². The Labute approximate surface area is 183 Å². The standard InChI is InChI=1S/C23H31N7O/c1-4-19-17-6-5-11-31-23(17)26-22(25-19)14-30-9-7-16(8-10-30)20-12-21(28-27-20)18-13-24-29(3)15(18)2/h12-13,16H,4-11,14H2,1-3H3,(H,27,28). The third kappa shape index (κ3) is 3.96. The number of rotatable bonds is 5. The Kier molecular flexibility index (Phi) is 5.48. The van der Waals surface area contributed by atoms with Crippen molar-refractivity contribution in [3.63, 3.8) is 0 Å². The van der Waals surface area contributed by atoms with Crippen LogP contribution in [0, 0.1) is 6.92 Å². The van der Waals surface area contributed by atoms with Crippen molar-refractivity contribution in [1.29, 1.82) is 0 Å². The van der Waals surface area contributed by atoms with E-state index in [-0.39, 0.29) is 0 Å². The molecule has 0 radical (unpaired) electrons. The van der Waals surface area contributed by atoms with E-state index in [1.807, 2.05) is 17.9 Å². The number of nitrogens with one attached hydrogen (secondary N) is 1. The van der Waals surface area contributed by atoms with Crippen LogP contribution < -0.4 is 4.74 Å². The van der Waals surface area contributed by atoms with Gasteiger partial charge in [-0.2, -0.15) is 15.2 Å². The van der Waals surface area contributed by atoms with E-state index in [4.69, 9.17) is 14.7 Å². The lowest BCUT2D eigenvalue weighted by Gasteiger charge is -2.31. The topological polar surface area (TPSA) is 84.8 Å². The van der Waals surface area contributed by atoms with Crippen LogP contribution in [-0.4, -0.2) is 54.5 Å². The lowest BCUT2D eigenvalue weighted by atomic mass is 9.93. The van der Waals surface area contributed by atoms with Crippen molar-refractivity contribution in [3.8, 4) is 17.1 Å². The van der Waals surface area contributed by atoms with Gasteiger partial charge in [-0.25, -0.2) is 4.98 Å². The highest BCUT2D eigenvalue weighted by atomic mass is 16.5. The third-order valence-electron chi connectivity index (χ3n) is 6.75. The minimum absolute atomic E-state index is 0.508. The normalized spacial score (nSPS) is 17.5. The Morgan fingerprint density at radius 3 is 2.81 bits per heavy atom. The zero-order chi connectivity index (χ0) is 21.4. The molecule has 2 aliphatic heterocycles. The van der Waals surface area contributed by atoms with Crippen molar-refractivity contribution in [2.24, 2.45) is 7.05 Å². The average molecular weight is 422 g/mol. The highest BCUT2D eigenvalue weighted by molar-refractivity contribution is 5.61. The van der Waals surface area contributed by atoms with Gasteiger partial charge in [-0.1, -0.05) is 6.92 Å². The summed E-state index contributed by atoms with van der Waals surface area (Å²) < 4.78 is 7.72. The fourth-order valence-corrected chi connectivity index (χ4v) is 4.74. The number of hydrogen-bond acceptors (Lipinski definition) is 6. The number of H-pyrrole nitrogens is 1. The summed E-state index contributed by atoms with van der Waals surface area (Å²) in [6.45, 7) is 7.87. The van der Waals surface area contributed by atoms with E-state index in [9.17, 15) is 0 Å². The van der Waals surface area contributed by atoms with Gasteiger partial charge in [0.2, 0.25) is 5.88 Å². The van der Waals surface area contributed by atoms with E-state index in [1.165, 1.54) is 11.3 Å². The van der Waals surface area contributed by atoms with Gasteiger partial charge in [0.15, 0.2) is 0 Å². The third-order valence-corrected chi connectivity index (χ3v) is 6.75. The Balaban J connectivity index is 1.23. The molecule has 0 aliphatic carbocycles. The molecule has 8 heteroatoms. The summed E-state index contributed by atoms with van der Waals surface area (Å²) in [6, 6.07) is 2.20. The maximum absolute atomic E-state index is 5.83. The molecule has 164 valence electrons. The summed E-state index contributed by atoms with van der Waals surface area (Å²) >= 11 is 0. The molecule has 0 amide bonds. The highest BCUT2D eigenvalue weighted by Gasteiger charge is 2.25. The summed E-state index contributed by atoms with van der Waals surface area (Å²) in [6.07, 6.45) is 7.14. The molecule has 8 nitrogen and oxygen atoms in total. The molecule has 0 bridgehead atoms. The minimum atomic E-state index is 0.508. The molecule has 5 heterocycles. The van der Waals surface area contributed by atoms with Crippen LogP contribution in [0.5, 0.6) is 5.88 Å². The molecule has 5 rings (SSSR count). The number of piperidine rings is 1. The number of aryl methyl sites for hydroxylation is 2. The predicted molar refractivity (Wildman–Crippen MR) is 118 cm³/mol. The van der Waals surface area contributed by atoms with E-state index in [0.29, 0.717) is 5.92 Å². The first-order chi connectivity index (χ1) is 15.1. The van der Waals surface area contributed by atoms with Crippen LogP contribution in [0.2, 0.25) is 0 Å². The average Bonchev–Trinajstić information content (AvgIpc) is 3.41. The van der Waals surface area contributed by atoms with Gasteiger partial charge in [-0.3, -0.25) is 14.7 Å². The van der Waals surface area contributed by atoms with Crippen molar-refractivity contribution in [2.45, 2.75) is 58.4 Å². The quantitative estimate of drug-likeness (QED) is 0.681. The largest absolute Gasteiger partial charge is 0.477 e. The van der Waals surface area contributed by atoms with Crippen LogP contribution in [0.4, 0.5) is 0 Å². The van der Waals surface area contributed by atoms with Crippen LogP contribution >= 0.6 is 0 Å². The van der Waals surface area contributed by atoms with Gasteiger partial charge in [0.05, 0.1) is 30.7 Å². The Morgan fingerprint density at radius 2 is 2.06 bits per heavy atom. The van der Waals surface area contributed by atoms with Crippen LogP contribution in [0.15, 0.2) is 12.3 Å². The summed E-state index contributed by atoms with van der Waals surface area (Å²) in [5.74, 6) is 2.22. The molecule has 1 N–H and O–H groups in total. The fourth-order valence-electron chi connectivity index (χ4n) is 4.74. The number of fused-ring (bicyclic) bond motifs is 1. The van der Waals surface area contributed by atoms with Crippen LogP contribution in [-0.2, 0) is 26.4 Å². The van der Waals surface area contributed by atoms with E-state index >= 15 is 0 Å². The van der Waals surface area contributed by atoms with Gasteiger partial charge >= 0.3 is 0 Å². The highest BCUT2D eigenvalue weighted by Crippen LogP contribution is 2.31. The monoisotopic (exact) mass is 421 g/mol. The van der Waals surface area contributed by atoms with E-state index in [0.717, 1.165) is 92.7 Å². The fraction of sp³-hybridized carbons (Fsp3) is 0.565. The number of nitrogens with zero attached hydrogens (tertiary/aromatic N) is 6. The smallest absolute Gasteiger partial charge is 0.220 e. The molecule has 0 saturated carbocycles. The first kappa shape index (κ1) is 20.2. The zero-order valence-corrected chi connectivity index (χ0v) is 18.7. The molecular weight excluding hydrogens is 390 g/mol. The molecule has 31 heavy (non-hydrogen) atoms. The second-order valence-corrected chi connectivity index (χ2v) is 8.70. The molecule has 0 aromatic carbocycles. The Morgan fingerprint density at radius 1 is 1.23 bits per heavy atom. The molecule has 3 aromatic rings. The SMILES string of the molecule is CCc1nc(CN2CCC(c3cc(-c4cnn(C)c4C)n[nH]3)CC2)nc2c1CCCO2.